The van der Waals surface area contributed by atoms with E-state index in [4.69, 9.17) is 4.74 Å². The van der Waals surface area contributed by atoms with Crippen LogP contribution in [0, 0.1) is 5.92 Å². The van der Waals surface area contributed by atoms with E-state index in [9.17, 15) is 9.90 Å². The number of nitrogens with one attached hydrogen (secondary N) is 1. The molecule has 2 aromatic carbocycles. The van der Waals surface area contributed by atoms with Crippen LogP contribution < -0.4 is 10.1 Å². The summed E-state index contributed by atoms with van der Waals surface area (Å²) in [6, 6.07) is 16.3. The second-order valence-electron chi connectivity index (χ2n) is 6.85. The van der Waals surface area contributed by atoms with E-state index in [1.807, 2.05) is 31.2 Å². The molecule has 1 unspecified atom stereocenters. The number of carboxylic acid groups (broad SMARTS) is 1. The Morgan fingerprint density at radius 3 is 2.81 bits per heavy atom. The average Bonchev–Trinajstić information content (AvgIpc) is 3.06. The summed E-state index contributed by atoms with van der Waals surface area (Å²) in [6.45, 7) is 3.49. The quantitative estimate of drug-likeness (QED) is 0.641. The summed E-state index contributed by atoms with van der Waals surface area (Å²) >= 11 is 0. The molecule has 3 rings (SSSR count). The van der Waals surface area contributed by atoms with Crippen LogP contribution in [0.1, 0.15) is 43.2 Å². The molecule has 0 bridgehead atoms. The van der Waals surface area contributed by atoms with Crippen molar-refractivity contribution in [2.24, 2.45) is 5.92 Å². The van der Waals surface area contributed by atoms with Crippen molar-refractivity contribution in [1.29, 1.82) is 0 Å². The Morgan fingerprint density at radius 2 is 2.08 bits per heavy atom. The molecule has 4 heteroatoms. The minimum atomic E-state index is -0.684. The van der Waals surface area contributed by atoms with E-state index in [1.165, 1.54) is 11.1 Å². The van der Waals surface area contributed by atoms with Crippen molar-refractivity contribution in [3.63, 3.8) is 0 Å². The number of para-hydroxylation sites is 1. The summed E-state index contributed by atoms with van der Waals surface area (Å²) in [5.74, 6) is 0.0489. The fourth-order valence-corrected chi connectivity index (χ4v) is 3.82. The number of carboxylic acids is 1. The third-order valence-electron chi connectivity index (χ3n) is 5.17. The van der Waals surface area contributed by atoms with Gasteiger partial charge in [0.2, 0.25) is 0 Å². The lowest BCUT2D eigenvalue weighted by Gasteiger charge is -2.19. The first-order valence-corrected chi connectivity index (χ1v) is 9.46. The van der Waals surface area contributed by atoms with Gasteiger partial charge in [0, 0.05) is 12.2 Å². The van der Waals surface area contributed by atoms with Crippen molar-refractivity contribution in [3.8, 4) is 5.75 Å². The minimum Gasteiger partial charge on any atom is -0.494 e. The van der Waals surface area contributed by atoms with Crippen molar-refractivity contribution in [3.05, 3.63) is 59.7 Å². The van der Waals surface area contributed by atoms with Crippen LogP contribution in [0.3, 0.4) is 0 Å². The summed E-state index contributed by atoms with van der Waals surface area (Å²) in [7, 11) is 0. The van der Waals surface area contributed by atoms with E-state index < -0.39 is 5.97 Å². The molecule has 0 radical (unpaired) electrons. The van der Waals surface area contributed by atoms with Gasteiger partial charge in [0.05, 0.1) is 12.5 Å². The largest absolute Gasteiger partial charge is 0.494 e. The summed E-state index contributed by atoms with van der Waals surface area (Å²) in [6.07, 6.45) is 3.46. The molecule has 2 atom stereocenters. The predicted octanol–water partition coefficient (Wildman–Crippen LogP) is 4.71. The molecule has 0 amide bonds. The van der Waals surface area contributed by atoms with E-state index in [2.05, 4.69) is 29.6 Å². The van der Waals surface area contributed by atoms with Crippen LogP contribution in [-0.4, -0.2) is 24.2 Å². The summed E-state index contributed by atoms with van der Waals surface area (Å²) in [5.41, 5.74) is 3.56. The molecular weight excluding hydrogens is 326 g/mol. The lowest BCUT2D eigenvalue weighted by Crippen LogP contribution is -2.19. The lowest BCUT2D eigenvalue weighted by molar-refractivity contribution is -0.142. The van der Waals surface area contributed by atoms with Crippen molar-refractivity contribution < 1.29 is 14.6 Å². The molecule has 2 aromatic rings. The highest BCUT2D eigenvalue weighted by atomic mass is 16.5. The highest BCUT2D eigenvalue weighted by molar-refractivity contribution is 5.71. The van der Waals surface area contributed by atoms with Crippen molar-refractivity contribution in [2.75, 3.05) is 18.5 Å². The highest BCUT2D eigenvalue weighted by Crippen LogP contribution is 2.41. The van der Waals surface area contributed by atoms with Crippen molar-refractivity contribution >= 4 is 11.7 Å². The van der Waals surface area contributed by atoms with E-state index in [0.717, 1.165) is 37.2 Å². The Hall–Kier alpha value is -2.49. The zero-order chi connectivity index (χ0) is 18.4. The van der Waals surface area contributed by atoms with Gasteiger partial charge in [-0.1, -0.05) is 31.2 Å². The molecule has 4 nitrogen and oxygen atoms in total. The normalized spacial score (nSPS) is 16.7. The maximum atomic E-state index is 11.5. The third-order valence-corrected chi connectivity index (χ3v) is 5.17. The Kier molecular flexibility index (Phi) is 6.16. The molecule has 26 heavy (non-hydrogen) atoms. The van der Waals surface area contributed by atoms with Crippen LogP contribution in [0.15, 0.2) is 48.5 Å². The van der Waals surface area contributed by atoms with Gasteiger partial charge in [0.25, 0.3) is 0 Å². The predicted molar refractivity (Wildman–Crippen MR) is 104 cm³/mol. The van der Waals surface area contributed by atoms with Crippen LogP contribution in [0.5, 0.6) is 5.75 Å². The van der Waals surface area contributed by atoms with Crippen LogP contribution in [0.25, 0.3) is 0 Å². The first-order valence-electron chi connectivity index (χ1n) is 9.46. The second-order valence-corrected chi connectivity index (χ2v) is 6.85. The van der Waals surface area contributed by atoms with Gasteiger partial charge in [-0.3, -0.25) is 4.79 Å². The number of rotatable bonds is 9. The number of aryl methyl sites for hydroxylation is 1. The van der Waals surface area contributed by atoms with Gasteiger partial charge in [-0.15, -0.1) is 0 Å². The highest BCUT2D eigenvalue weighted by Gasteiger charge is 2.33. The number of hydrogen-bond acceptors (Lipinski definition) is 3. The average molecular weight is 353 g/mol. The van der Waals surface area contributed by atoms with Gasteiger partial charge in [-0.2, -0.15) is 0 Å². The fraction of sp³-hybridized carbons (Fsp3) is 0.409. The van der Waals surface area contributed by atoms with Gasteiger partial charge >= 0.3 is 5.97 Å². The fourth-order valence-electron chi connectivity index (χ4n) is 3.82. The number of ether oxygens (including phenoxy) is 1. The zero-order valence-electron chi connectivity index (χ0n) is 15.3. The van der Waals surface area contributed by atoms with Gasteiger partial charge < -0.3 is 15.2 Å². The van der Waals surface area contributed by atoms with Gasteiger partial charge in [0.1, 0.15) is 5.75 Å². The number of carbonyl (C=O) groups is 1. The van der Waals surface area contributed by atoms with Crippen LogP contribution in [0.2, 0.25) is 0 Å². The van der Waals surface area contributed by atoms with Crippen LogP contribution in [-0.2, 0) is 11.2 Å². The first kappa shape index (κ1) is 18.3. The topological polar surface area (TPSA) is 58.6 Å². The SMILES string of the molecule is CCC(C(=O)O)[C@@H]1CCc2cc(OCCCNc3ccccc3)ccc21. The number of hydrogen-bond donors (Lipinski definition) is 2. The van der Waals surface area contributed by atoms with Crippen LogP contribution >= 0.6 is 0 Å². The maximum Gasteiger partial charge on any atom is 0.307 e. The number of anilines is 1. The molecule has 0 aliphatic heterocycles. The Morgan fingerprint density at radius 1 is 1.27 bits per heavy atom. The summed E-state index contributed by atoms with van der Waals surface area (Å²) in [4.78, 5) is 11.5. The van der Waals surface area contributed by atoms with E-state index in [0.29, 0.717) is 13.0 Å². The maximum absolute atomic E-state index is 11.5. The Balaban J connectivity index is 1.49. The number of fused-ring (bicyclic) bond motifs is 1. The molecule has 0 aromatic heterocycles. The van der Waals surface area contributed by atoms with E-state index in [-0.39, 0.29) is 11.8 Å². The molecule has 1 aliphatic rings. The molecule has 0 spiro atoms. The number of aliphatic carboxylic acids is 1. The van der Waals surface area contributed by atoms with E-state index in [1.54, 1.807) is 0 Å². The summed E-state index contributed by atoms with van der Waals surface area (Å²) < 4.78 is 5.88. The van der Waals surface area contributed by atoms with Gasteiger partial charge in [-0.05, 0) is 67.0 Å². The first-order chi connectivity index (χ1) is 12.7. The molecule has 0 saturated carbocycles. The van der Waals surface area contributed by atoms with Gasteiger partial charge in [0.15, 0.2) is 0 Å². The molecule has 0 saturated heterocycles. The molecule has 0 fully saturated rings. The molecule has 2 N–H and O–H groups in total. The third kappa shape index (κ3) is 4.37. The molecule has 138 valence electrons. The lowest BCUT2D eigenvalue weighted by atomic mass is 9.85. The molecule has 0 heterocycles. The van der Waals surface area contributed by atoms with Crippen LogP contribution in [0.4, 0.5) is 5.69 Å². The zero-order valence-corrected chi connectivity index (χ0v) is 15.3. The minimum absolute atomic E-state index is 0.136. The Bertz CT molecular complexity index is 729. The second kappa shape index (κ2) is 8.75. The monoisotopic (exact) mass is 353 g/mol. The van der Waals surface area contributed by atoms with Crippen molar-refractivity contribution in [2.45, 2.75) is 38.5 Å². The number of benzene rings is 2. The summed E-state index contributed by atoms with van der Waals surface area (Å²) in [5, 5.41) is 12.8. The Labute approximate surface area is 155 Å². The standard InChI is InChI=1S/C22H27NO3/c1-2-19(22(24)25)21-11-9-16-15-18(10-12-20(16)21)26-14-6-13-23-17-7-4-3-5-8-17/h3-5,7-8,10,12,15,19,21,23H,2,6,9,11,13-14H2,1H3,(H,24,25)/t19?,21-/m0/s1. The molecular formula is C22H27NO3. The van der Waals surface area contributed by atoms with Crippen molar-refractivity contribution in [1.82, 2.24) is 0 Å². The molecule has 1 aliphatic carbocycles. The smallest absolute Gasteiger partial charge is 0.307 e. The van der Waals surface area contributed by atoms with Gasteiger partial charge in [-0.25, -0.2) is 0 Å². The van der Waals surface area contributed by atoms with E-state index >= 15 is 0 Å².